The van der Waals surface area contributed by atoms with E-state index in [1.165, 1.54) is 12.0 Å². The van der Waals surface area contributed by atoms with Crippen molar-refractivity contribution in [2.24, 2.45) is 4.99 Å². The fourth-order valence-electron chi connectivity index (χ4n) is 3.31. The Balaban J connectivity index is 1.60. The fraction of sp³-hybridized carbons (Fsp3) is 0.450. The summed E-state index contributed by atoms with van der Waals surface area (Å²) >= 11 is 1.79. The summed E-state index contributed by atoms with van der Waals surface area (Å²) in [5, 5.41) is 10.3. The van der Waals surface area contributed by atoms with E-state index in [2.05, 4.69) is 42.8 Å². The number of hydrogen-bond donors (Lipinski definition) is 3. The summed E-state index contributed by atoms with van der Waals surface area (Å²) in [6, 6.07) is 11.5. The third-order valence-corrected chi connectivity index (χ3v) is 7.24. The number of hydrogen-bond acceptors (Lipinski definition) is 5. The van der Waals surface area contributed by atoms with E-state index in [9.17, 15) is 8.42 Å². The second kappa shape index (κ2) is 10.1. The lowest BCUT2D eigenvalue weighted by Crippen LogP contribution is -2.48. The summed E-state index contributed by atoms with van der Waals surface area (Å²) in [5.41, 5.74) is 0.853. The Kier molecular flexibility index (Phi) is 7.51. The average Bonchev–Trinajstić information content (AvgIpc) is 3.28. The Morgan fingerprint density at radius 3 is 2.69 bits per heavy atom. The topological polar surface area (TPSA) is 85.8 Å². The Labute approximate surface area is 177 Å². The highest BCUT2D eigenvalue weighted by atomic mass is 32.2. The van der Waals surface area contributed by atoms with Gasteiger partial charge in [-0.2, -0.15) is 0 Å². The lowest BCUT2D eigenvalue weighted by molar-refractivity contribution is 0.463. The monoisotopic (exact) mass is 435 g/mol. The number of nitrogens with zero attached hydrogens (tertiary/aromatic N) is 2. The minimum Gasteiger partial charge on any atom is -0.363 e. The van der Waals surface area contributed by atoms with E-state index in [4.69, 9.17) is 0 Å². The molecule has 0 unspecified atom stereocenters. The number of piperidine rings is 1. The van der Waals surface area contributed by atoms with Crippen LogP contribution in [-0.4, -0.2) is 47.1 Å². The van der Waals surface area contributed by atoms with Crippen LogP contribution in [0.2, 0.25) is 0 Å². The minimum absolute atomic E-state index is 0.256. The molecular weight excluding hydrogens is 406 g/mol. The molecule has 7 nitrogen and oxygen atoms in total. The first-order chi connectivity index (χ1) is 14.0. The number of rotatable bonds is 7. The third kappa shape index (κ3) is 5.94. The summed E-state index contributed by atoms with van der Waals surface area (Å²) in [6.45, 7) is 5.28. The van der Waals surface area contributed by atoms with Crippen molar-refractivity contribution in [3.8, 4) is 0 Å². The molecule has 158 valence electrons. The lowest BCUT2D eigenvalue weighted by atomic mass is 10.1. The van der Waals surface area contributed by atoms with Crippen molar-refractivity contribution in [3.05, 3.63) is 47.3 Å². The summed E-state index contributed by atoms with van der Waals surface area (Å²) in [7, 11) is -2.04. The molecule has 0 saturated carbocycles. The van der Waals surface area contributed by atoms with Crippen molar-refractivity contribution in [1.29, 1.82) is 0 Å². The Hall–Kier alpha value is -2.10. The predicted octanol–water partition coefficient (Wildman–Crippen LogP) is 2.38. The first-order valence-corrected chi connectivity index (χ1v) is 12.2. The second-order valence-electron chi connectivity index (χ2n) is 6.91. The molecule has 9 heteroatoms. The highest BCUT2D eigenvalue weighted by Gasteiger charge is 2.20. The molecule has 1 aliphatic heterocycles. The van der Waals surface area contributed by atoms with E-state index >= 15 is 0 Å². The molecule has 0 radical (unpaired) electrons. The molecule has 3 rings (SSSR count). The maximum atomic E-state index is 12.0. The maximum Gasteiger partial charge on any atom is 0.240 e. The number of anilines is 1. The van der Waals surface area contributed by atoms with Gasteiger partial charge in [-0.3, -0.25) is 0 Å². The molecule has 0 bridgehead atoms. The standard InChI is InChI=1S/C20H29N5O2S2/c1-3-22-20(23-15-16-6-4-7-18(14-16)29(26,27)21-2)24-17-9-11-25(12-10-17)19-8-5-13-28-19/h4-8,13-14,17,21H,3,9-12,15H2,1-2H3,(H2,22,23,24). The van der Waals surface area contributed by atoms with E-state index in [1.54, 1.807) is 29.5 Å². The molecule has 2 aromatic rings. The highest BCUT2D eigenvalue weighted by molar-refractivity contribution is 7.89. The molecule has 0 amide bonds. The van der Waals surface area contributed by atoms with Gasteiger partial charge >= 0.3 is 0 Å². The van der Waals surface area contributed by atoms with Gasteiger partial charge in [0.15, 0.2) is 5.96 Å². The van der Waals surface area contributed by atoms with Gasteiger partial charge in [-0.25, -0.2) is 18.1 Å². The zero-order valence-electron chi connectivity index (χ0n) is 16.9. The summed E-state index contributed by atoms with van der Waals surface area (Å²) in [4.78, 5) is 7.35. The van der Waals surface area contributed by atoms with Crippen LogP contribution in [-0.2, 0) is 16.6 Å². The molecule has 3 N–H and O–H groups in total. The van der Waals surface area contributed by atoms with Crippen LogP contribution in [0, 0.1) is 0 Å². The van der Waals surface area contributed by atoms with Gasteiger partial charge in [0, 0.05) is 25.7 Å². The molecule has 1 fully saturated rings. The molecule has 1 aromatic carbocycles. The fourth-order valence-corrected chi connectivity index (χ4v) is 4.89. The van der Waals surface area contributed by atoms with Gasteiger partial charge in [0.1, 0.15) is 0 Å². The Morgan fingerprint density at radius 1 is 1.24 bits per heavy atom. The average molecular weight is 436 g/mol. The first kappa shape index (κ1) is 21.6. The predicted molar refractivity (Wildman–Crippen MR) is 120 cm³/mol. The van der Waals surface area contributed by atoms with Gasteiger partial charge < -0.3 is 15.5 Å². The van der Waals surface area contributed by atoms with Gasteiger partial charge in [-0.1, -0.05) is 12.1 Å². The van der Waals surface area contributed by atoms with Crippen molar-refractivity contribution in [2.45, 2.75) is 37.2 Å². The molecule has 29 heavy (non-hydrogen) atoms. The molecule has 0 atom stereocenters. The first-order valence-electron chi connectivity index (χ1n) is 9.87. The summed E-state index contributed by atoms with van der Waals surface area (Å²) in [5.74, 6) is 0.768. The van der Waals surface area contributed by atoms with Crippen molar-refractivity contribution in [2.75, 3.05) is 31.6 Å². The van der Waals surface area contributed by atoms with Gasteiger partial charge in [0.2, 0.25) is 10.0 Å². The summed E-state index contributed by atoms with van der Waals surface area (Å²) < 4.78 is 26.3. The Morgan fingerprint density at radius 2 is 2.03 bits per heavy atom. The van der Waals surface area contributed by atoms with Gasteiger partial charge in [0.25, 0.3) is 0 Å². The van der Waals surface area contributed by atoms with E-state index in [1.807, 2.05) is 13.0 Å². The zero-order chi connectivity index (χ0) is 20.7. The maximum absolute atomic E-state index is 12.0. The third-order valence-electron chi connectivity index (χ3n) is 4.90. The van der Waals surface area contributed by atoms with E-state index in [0.717, 1.165) is 44.0 Å². The van der Waals surface area contributed by atoms with Crippen LogP contribution in [0.3, 0.4) is 0 Å². The molecule has 0 spiro atoms. The van der Waals surface area contributed by atoms with Crippen LogP contribution in [0.15, 0.2) is 51.7 Å². The van der Waals surface area contributed by atoms with Crippen molar-refractivity contribution in [1.82, 2.24) is 15.4 Å². The van der Waals surface area contributed by atoms with Gasteiger partial charge in [-0.05, 0) is 62.0 Å². The largest absolute Gasteiger partial charge is 0.363 e. The highest BCUT2D eigenvalue weighted by Crippen LogP contribution is 2.24. The van der Waals surface area contributed by atoms with Gasteiger partial charge in [-0.15, -0.1) is 11.3 Å². The van der Waals surface area contributed by atoms with Crippen LogP contribution in [0.5, 0.6) is 0 Å². The van der Waals surface area contributed by atoms with Crippen LogP contribution in [0.1, 0.15) is 25.3 Å². The van der Waals surface area contributed by atoms with Gasteiger partial charge in [0.05, 0.1) is 16.4 Å². The molecule has 1 aromatic heterocycles. The molecule has 0 aliphatic carbocycles. The minimum atomic E-state index is -3.45. The number of benzene rings is 1. The molecule has 2 heterocycles. The van der Waals surface area contributed by atoms with E-state index in [-0.39, 0.29) is 4.90 Å². The smallest absolute Gasteiger partial charge is 0.240 e. The number of nitrogens with one attached hydrogen (secondary N) is 3. The number of guanidine groups is 1. The number of sulfonamides is 1. The zero-order valence-corrected chi connectivity index (χ0v) is 18.5. The van der Waals surface area contributed by atoms with Crippen molar-refractivity contribution in [3.63, 3.8) is 0 Å². The molecule has 1 saturated heterocycles. The Bertz CT molecular complexity index is 905. The van der Waals surface area contributed by atoms with Crippen LogP contribution in [0.4, 0.5) is 5.00 Å². The quantitative estimate of drug-likeness (QED) is 0.459. The van der Waals surface area contributed by atoms with Crippen molar-refractivity contribution >= 4 is 32.3 Å². The normalized spacial score (nSPS) is 16.1. The van der Waals surface area contributed by atoms with Crippen molar-refractivity contribution < 1.29 is 8.42 Å². The molecule has 1 aliphatic rings. The van der Waals surface area contributed by atoms with E-state index < -0.39 is 10.0 Å². The van der Waals surface area contributed by atoms with Crippen LogP contribution < -0.4 is 20.3 Å². The second-order valence-corrected chi connectivity index (χ2v) is 9.72. The van der Waals surface area contributed by atoms with Crippen LogP contribution >= 0.6 is 11.3 Å². The number of aliphatic imine (C=N–C) groups is 1. The SMILES string of the molecule is CCNC(=NCc1cccc(S(=O)(=O)NC)c1)NC1CCN(c2cccs2)CC1. The van der Waals surface area contributed by atoms with E-state index in [0.29, 0.717) is 12.6 Å². The lowest BCUT2D eigenvalue weighted by Gasteiger charge is -2.33. The number of thiophene rings is 1. The molecular formula is C20H29N5O2S2. The summed E-state index contributed by atoms with van der Waals surface area (Å²) in [6.07, 6.45) is 2.11. The van der Waals surface area contributed by atoms with Crippen LogP contribution in [0.25, 0.3) is 0 Å².